The Morgan fingerprint density at radius 3 is 2.69 bits per heavy atom. The van der Waals surface area contributed by atoms with E-state index in [0.29, 0.717) is 24.7 Å². The van der Waals surface area contributed by atoms with Gasteiger partial charge in [0.2, 0.25) is 5.91 Å². The lowest BCUT2D eigenvalue weighted by Crippen LogP contribution is -2.46. The number of hydrogen-bond acceptors (Lipinski definition) is 3. The molecule has 1 N–H and O–H groups in total. The van der Waals surface area contributed by atoms with Gasteiger partial charge in [-0.1, -0.05) is 30.3 Å². The van der Waals surface area contributed by atoms with Crippen molar-refractivity contribution in [1.82, 2.24) is 20.0 Å². The molecule has 136 valence electrons. The van der Waals surface area contributed by atoms with E-state index in [2.05, 4.69) is 10.4 Å². The molecule has 0 radical (unpaired) electrons. The molecular weight excluding hydrogens is 328 g/mol. The molecule has 4 rings (SSSR count). The molecule has 6 nitrogen and oxygen atoms in total. The molecule has 0 spiro atoms. The van der Waals surface area contributed by atoms with Crippen LogP contribution in [0.25, 0.3) is 0 Å². The van der Waals surface area contributed by atoms with E-state index in [4.69, 9.17) is 0 Å². The largest absolute Gasteiger partial charge is 0.352 e. The summed E-state index contributed by atoms with van der Waals surface area (Å²) >= 11 is 0. The Bertz CT molecular complexity index is 810. The number of aromatic nitrogens is 2. The number of carbonyl (C=O) groups excluding carboxylic acids is 2. The highest BCUT2D eigenvalue weighted by atomic mass is 16.2. The van der Waals surface area contributed by atoms with Crippen LogP contribution in [-0.2, 0) is 11.3 Å². The van der Waals surface area contributed by atoms with Crippen LogP contribution < -0.4 is 5.32 Å². The van der Waals surface area contributed by atoms with Crippen LogP contribution in [0.3, 0.4) is 0 Å². The van der Waals surface area contributed by atoms with Gasteiger partial charge in [0.15, 0.2) is 0 Å². The molecule has 1 atom stereocenters. The Balaban J connectivity index is 1.49. The van der Waals surface area contributed by atoms with E-state index in [1.54, 1.807) is 11.1 Å². The van der Waals surface area contributed by atoms with Crippen molar-refractivity contribution in [3.63, 3.8) is 0 Å². The maximum atomic E-state index is 13.0. The lowest BCUT2D eigenvalue weighted by atomic mass is 10.1. The van der Waals surface area contributed by atoms with Crippen molar-refractivity contribution in [2.24, 2.45) is 0 Å². The van der Waals surface area contributed by atoms with Crippen molar-refractivity contribution in [3.05, 3.63) is 53.3 Å². The first-order valence-electron chi connectivity index (χ1n) is 9.31. The van der Waals surface area contributed by atoms with Gasteiger partial charge in [-0.05, 0) is 38.2 Å². The van der Waals surface area contributed by atoms with Gasteiger partial charge in [-0.15, -0.1) is 0 Å². The quantitative estimate of drug-likeness (QED) is 0.896. The van der Waals surface area contributed by atoms with Gasteiger partial charge in [0.25, 0.3) is 5.91 Å². The summed E-state index contributed by atoms with van der Waals surface area (Å²) in [6, 6.07) is 10.0. The minimum atomic E-state index is -0.347. The molecule has 0 bridgehead atoms. The monoisotopic (exact) mass is 352 g/mol. The summed E-state index contributed by atoms with van der Waals surface area (Å²) in [5, 5.41) is 7.43. The van der Waals surface area contributed by atoms with Crippen molar-refractivity contribution in [1.29, 1.82) is 0 Å². The smallest absolute Gasteiger partial charge is 0.258 e. The SMILES string of the molecule is Cc1c(C(=O)N2CCC[C@H]2C(=O)NC2CC2)cnn1Cc1ccccc1. The van der Waals surface area contributed by atoms with Crippen LogP contribution in [0.4, 0.5) is 0 Å². The van der Waals surface area contributed by atoms with Gasteiger partial charge in [-0.3, -0.25) is 14.3 Å². The van der Waals surface area contributed by atoms with E-state index in [1.165, 1.54) is 0 Å². The molecule has 2 amide bonds. The third-order valence-corrected chi connectivity index (χ3v) is 5.25. The first-order valence-corrected chi connectivity index (χ1v) is 9.31. The molecule has 2 aliphatic rings. The molecular formula is C20H24N4O2. The molecule has 6 heteroatoms. The Morgan fingerprint density at radius 2 is 1.96 bits per heavy atom. The van der Waals surface area contributed by atoms with Gasteiger partial charge in [0, 0.05) is 18.3 Å². The summed E-state index contributed by atoms with van der Waals surface area (Å²) < 4.78 is 1.85. The second kappa shape index (κ2) is 6.94. The van der Waals surface area contributed by atoms with E-state index in [9.17, 15) is 9.59 Å². The van der Waals surface area contributed by atoms with E-state index < -0.39 is 0 Å². The van der Waals surface area contributed by atoms with Crippen LogP contribution in [-0.4, -0.2) is 45.1 Å². The summed E-state index contributed by atoms with van der Waals surface area (Å²) in [6.45, 7) is 3.18. The molecule has 26 heavy (non-hydrogen) atoms. The highest BCUT2D eigenvalue weighted by Gasteiger charge is 2.37. The minimum Gasteiger partial charge on any atom is -0.352 e. The average Bonchev–Trinajstić information content (AvgIpc) is 3.19. The third-order valence-electron chi connectivity index (χ3n) is 5.25. The van der Waals surface area contributed by atoms with E-state index in [-0.39, 0.29) is 17.9 Å². The summed E-state index contributed by atoms with van der Waals surface area (Å²) in [4.78, 5) is 27.2. The van der Waals surface area contributed by atoms with Gasteiger partial charge in [-0.25, -0.2) is 0 Å². The van der Waals surface area contributed by atoms with Crippen molar-refractivity contribution < 1.29 is 9.59 Å². The number of hydrogen-bond donors (Lipinski definition) is 1. The zero-order valence-corrected chi connectivity index (χ0v) is 15.0. The third kappa shape index (κ3) is 3.36. The standard InChI is InChI=1S/C20H24N4O2/c1-14-17(12-21-24(14)13-15-6-3-2-4-7-15)20(26)23-11-5-8-18(23)19(25)22-16-9-10-16/h2-4,6-7,12,16,18H,5,8-11,13H2,1H3,(H,22,25)/t18-/m0/s1. The molecule has 1 aromatic heterocycles. The average molecular weight is 352 g/mol. The zero-order valence-electron chi connectivity index (χ0n) is 15.0. The fourth-order valence-electron chi connectivity index (χ4n) is 3.53. The summed E-state index contributed by atoms with van der Waals surface area (Å²) in [7, 11) is 0. The topological polar surface area (TPSA) is 67.2 Å². The minimum absolute atomic E-state index is 0.00678. The molecule has 1 aromatic carbocycles. The molecule has 2 fully saturated rings. The normalized spacial score (nSPS) is 19.6. The van der Waals surface area contributed by atoms with Gasteiger partial charge >= 0.3 is 0 Å². The predicted octanol–water partition coefficient (Wildman–Crippen LogP) is 2.12. The van der Waals surface area contributed by atoms with Crippen molar-refractivity contribution >= 4 is 11.8 Å². The number of amides is 2. The van der Waals surface area contributed by atoms with Crippen molar-refractivity contribution in [2.75, 3.05) is 6.54 Å². The predicted molar refractivity (Wildman–Crippen MR) is 97.7 cm³/mol. The second-order valence-electron chi connectivity index (χ2n) is 7.23. The van der Waals surface area contributed by atoms with Crippen LogP contribution in [0.5, 0.6) is 0 Å². The van der Waals surface area contributed by atoms with Crippen LogP contribution >= 0.6 is 0 Å². The summed E-state index contributed by atoms with van der Waals surface area (Å²) in [5.74, 6) is -0.0945. The zero-order chi connectivity index (χ0) is 18.1. The number of nitrogens with zero attached hydrogens (tertiary/aromatic N) is 3. The number of carbonyl (C=O) groups is 2. The summed E-state index contributed by atoms with van der Waals surface area (Å²) in [6.07, 6.45) is 5.34. The van der Waals surface area contributed by atoms with E-state index in [0.717, 1.165) is 36.9 Å². The maximum Gasteiger partial charge on any atom is 0.258 e. The molecule has 1 saturated heterocycles. The lowest BCUT2D eigenvalue weighted by molar-refractivity contribution is -0.125. The molecule has 1 aliphatic heterocycles. The van der Waals surface area contributed by atoms with Gasteiger partial charge in [0.1, 0.15) is 6.04 Å². The van der Waals surface area contributed by atoms with Crippen LogP contribution in [0.15, 0.2) is 36.5 Å². The molecule has 0 unspecified atom stereocenters. The first-order chi connectivity index (χ1) is 12.6. The Kier molecular flexibility index (Phi) is 4.49. The van der Waals surface area contributed by atoms with Crippen LogP contribution in [0, 0.1) is 6.92 Å². The van der Waals surface area contributed by atoms with Gasteiger partial charge in [-0.2, -0.15) is 5.10 Å². The fraction of sp³-hybridized carbons (Fsp3) is 0.450. The molecule has 1 aliphatic carbocycles. The van der Waals surface area contributed by atoms with Crippen molar-refractivity contribution in [3.8, 4) is 0 Å². The first kappa shape index (κ1) is 16.8. The fourth-order valence-corrected chi connectivity index (χ4v) is 3.53. The Hall–Kier alpha value is -2.63. The Labute approximate surface area is 153 Å². The highest BCUT2D eigenvalue weighted by molar-refractivity contribution is 5.98. The number of rotatable bonds is 5. The van der Waals surface area contributed by atoms with Crippen LogP contribution in [0.2, 0.25) is 0 Å². The lowest BCUT2D eigenvalue weighted by Gasteiger charge is -2.24. The van der Waals surface area contributed by atoms with Gasteiger partial charge in [0.05, 0.1) is 18.3 Å². The van der Waals surface area contributed by atoms with E-state index >= 15 is 0 Å². The second-order valence-corrected chi connectivity index (χ2v) is 7.23. The van der Waals surface area contributed by atoms with Gasteiger partial charge < -0.3 is 10.2 Å². The van der Waals surface area contributed by atoms with Crippen LogP contribution in [0.1, 0.15) is 47.3 Å². The number of likely N-dealkylation sites (tertiary alicyclic amines) is 1. The molecule has 2 heterocycles. The maximum absolute atomic E-state index is 13.0. The number of benzene rings is 1. The molecule has 2 aromatic rings. The molecule has 1 saturated carbocycles. The Morgan fingerprint density at radius 1 is 1.19 bits per heavy atom. The van der Waals surface area contributed by atoms with Crippen molar-refractivity contribution in [2.45, 2.75) is 51.2 Å². The van der Waals surface area contributed by atoms with E-state index in [1.807, 2.05) is 41.9 Å². The highest BCUT2D eigenvalue weighted by Crippen LogP contribution is 2.24. The number of nitrogens with one attached hydrogen (secondary N) is 1. The summed E-state index contributed by atoms with van der Waals surface area (Å²) in [5.41, 5.74) is 2.57.